The van der Waals surface area contributed by atoms with Crippen LogP contribution in [0.15, 0.2) is 60.8 Å². The van der Waals surface area contributed by atoms with Crippen LogP contribution in [0.4, 0.5) is 5.82 Å². The Kier molecular flexibility index (Phi) is 3.32. The molecule has 0 atom stereocenters. The van der Waals surface area contributed by atoms with Crippen molar-refractivity contribution in [1.82, 2.24) is 4.98 Å². The second-order valence-electron chi connectivity index (χ2n) is 4.56. The van der Waals surface area contributed by atoms with Crippen LogP contribution in [0.3, 0.4) is 0 Å². The van der Waals surface area contributed by atoms with Gasteiger partial charge in [-0.2, -0.15) is 5.26 Å². The zero-order valence-corrected chi connectivity index (χ0v) is 11.1. The fourth-order valence-corrected chi connectivity index (χ4v) is 2.05. The van der Waals surface area contributed by atoms with Gasteiger partial charge >= 0.3 is 0 Å². The van der Waals surface area contributed by atoms with E-state index in [1.54, 1.807) is 18.2 Å². The van der Waals surface area contributed by atoms with Crippen molar-refractivity contribution >= 4 is 22.5 Å². The maximum atomic E-state index is 12.2. The second-order valence-corrected chi connectivity index (χ2v) is 4.56. The molecule has 2 aromatic carbocycles. The number of hydrogen-bond acceptors (Lipinski definition) is 3. The molecule has 3 rings (SSSR count). The minimum atomic E-state index is -0.224. The molecule has 0 saturated carbocycles. The van der Waals surface area contributed by atoms with E-state index in [1.807, 2.05) is 42.5 Å². The number of pyridine rings is 1. The third-order valence-electron chi connectivity index (χ3n) is 3.15. The molecule has 0 aliphatic rings. The Morgan fingerprint density at radius 3 is 2.57 bits per heavy atom. The normalized spacial score (nSPS) is 10.0. The molecule has 21 heavy (non-hydrogen) atoms. The standard InChI is InChI=1S/C17H11N3O/c18-10-12-5-8-16(19-11-12)20-17(21)15-7-6-13-3-1-2-4-14(13)9-15/h1-9,11H,(H,19,20,21). The molecule has 0 fully saturated rings. The predicted octanol–water partition coefficient (Wildman–Crippen LogP) is 3.36. The van der Waals surface area contributed by atoms with Gasteiger partial charge in [0.15, 0.2) is 0 Å². The van der Waals surface area contributed by atoms with Gasteiger partial charge < -0.3 is 5.32 Å². The molecule has 0 saturated heterocycles. The Morgan fingerprint density at radius 1 is 1.05 bits per heavy atom. The summed E-state index contributed by atoms with van der Waals surface area (Å²) < 4.78 is 0. The average molecular weight is 273 g/mol. The van der Waals surface area contributed by atoms with Crippen molar-refractivity contribution in [1.29, 1.82) is 5.26 Å². The van der Waals surface area contributed by atoms with Crippen molar-refractivity contribution in [2.45, 2.75) is 0 Å². The molecule has 0 aliphatic heterocycles. The van der Waals surface area contributed by atoms with E-state index in [4.69, 9.17) is 5.26 Å². The molecule has 4 nitrogen and oxygen atoms in total. The van der Waals surface area contributed by atoms with Crippen LogP contribution in [0, 0.1) is 11.3 Å². The first-order valence-corrected chi connectivity index (χ1v) is 6.42. The third kappa shape index (κ3) is 2.72. The molecule has 1 aromatic heterocycles. The fraction of sp³-hybridized carbons (Fsp3) is 0. The van der Waals surface area contributed by atoms with E-state index in [0.29, 0.717) is 16.9 Å². The van der Waals surface area contributed by atoms with Gasteiger partial charge in [0.05, 0.1) is 5.56 Å². The number of nitrogens with zero attached hydrogens (tertiary/aromatic N) is 2. The Bertz CT molecular complexity index is 848. The maximum absolute atomic E-state index is 12.2. The number of anilines is 1. The van der Waals surface area contributed by atoms with E-state index in [0.717, 1.165) is 10.8 Å². The average Bonchev–Trinajstić information content (AvgIpc) is 2.55. The third-order valence-corrected chi connectivity index (χ3v) is 3.15. The quantitative estimate of drug-likeness (QED) is 0.778. The number of amides is 1. The molecule has 3 aromatic rings. The maximum Gasteiger partial charge on any atom is 0.256 e. The van der Waals surface area contributed by atoms with E-state index in [9.17, 15) is 4.79 Å². The summed E-state index contributed by atoms with van der Waals surface area (Å²) >= 11 is 0. The van der Waals surface area contributed by atoms with Crippen molar-refractivity contribution in [2.24, 2.45) is 0 Å². The van der Waals surface area contributed by atoms with Gasteiger partial charge in [-0.15, -0.1) is 0 Å². The van der Waals surface area contributed by atoms with Gasteiger partial charge in [0.2, 0.25) is 0 Å². The molecule has 0 spiro atoms. The highest BCUT2D eigenvalue weighted by Crippen LogP contribution is 2.16. The fourth-order valence-electron chi connectivity index (χ4n) is 2.05. The Labute approximate surface area is 121 Å². The van der Waals surface area contributed by atoms with Gasteiger partial charge in [-0.05, 0) is 35.0 Å². The number of benzene rings is 2. The number of carbonyl (C=O) groups is 1. The van der Waals surface area contributed by atoms with E-state index < -0.39 is 0 Å². The summed E-state index contributed by atoms with van der Waals surface area (Å²) in [4.78, 5) is 16.2. The number of rotatable bonds is 2. The highest BCUT2D eigenvalue weighted by molar-refractivity contribution is 6.06. The largest absolute Gasteiger partial charge is 0.307 e. The van der Waals surface area contributed by atoms with Crippen LogP contribution in [0.25, 0.3) is 10.8 Å². The van der Waals surface area contributed by atoms with E-state index >= 15 is 0 Å². The number of aromatic nitrogens is 1. The number of hydrogen-bond donors (Lipinski definition) is 1. The van der Waals surface area contributed by atoms with Crippen LogP contribution >= 0.6 is 0 Å². The summed E-state index contributed by atoms with van der Waals surface area (Å²) in [6.07, 6.45) is 1.43. The molecule has 0 aliphatic carbocycles. The summed E-state index contributed by atoms with van der Waals surface area (Å²) in [5.41, 5.74) is 1.03. The molecule has 0 radical (unpaired) electrons. The molecule has 1 heterocycles. The van der Waals surface area contributed by atoms with Gasteiger partial charge in [-0.1, -0.05) is 30.3 Å². The topological polar surface area (TPSA) is 65.8 Å². The first kappa shape index (κ1) is 12.8. The lowest BCUT2D eigenvalue weighted by Gasteiger charge is -2.05. The molecule has 4 heteroatoms. The van der Waals surface area contributed by atoms with Crippen LogP contribution in [-0.4, -0.2) is 10.9 Å². The van der Waals surface area contributed by atoms with Gasteiger partial charge in [-0.25, -0.2) is 4.98 Å². The lowest BCUT2D eigenvalue weighted by molar-refractivity contribution is 0.102. The van der Waals surface area contributed by atoms with Crippen LogP contribution in [0.5, 0.6) is 0 Å². The monoisotopic (exact) mass is 273 g/mol. The Hall–Kier alpha value is -3.19. The summed E-state index contributed by atoms with van der Waals surface area (Å²) in [6, 6.07) is 18.6. The van der Waals surface area contributed by atoms with Crippen molar-refractivity contribution in [2.75, 3.05) is 5.32 Å². The van der Waals surface area contributed by atoms with E-state index in [-0.39, 0.29) is 5.91 Å². The predicted molar refractivity (Wildman–Crippen MR) is 80.9 cm³/mol. The van der Waals surface area contributed by atoms with Crippen LogP contribution in [0.1, 0.15) is 15.9 Å². The summed E-state index contributed by atoms with van der Waals surface area (Å²) in [5, 5.41) is 13.5. The summed E-state index contributed by atoms with van der Waals surface area (Å²) in [5.74, 6) is 0.199. The van der Waals surface area contributed by atoms with Crippen molar-refractivity contribution in [3.63, 3.8) is 0 Å². The highest BCUT2D eigenvalue weighted by atomic mass is 16.1. The molecule has 0 unspecified atom stereocenters. The zero-order chi connectivity index (χ0) is 14.7. The van der Waals surface area contributed by atoms with Crippen LogP contribution in [-0.2, 0) is 0 Å². The number of nitrogens with one attached hydrogen (secondary N) is 1. The molecule has 100 valence electrons. The second kappa shape index (κ2) is 5.43. The van der Waals surface area contributed by atoms with Crippen molar-refractivity contribution in [3.8, 4) is 6.07 Å². The summed E-state index contributed by atoms with van der Waals surface area (Å²) in [6.45, 7) is 0. The lowest BCUT2D eigenvalue weighted by atomic mass is 10.1. The van der Waals surface area contributed by atoms with Crippen molar-refractivity contribution in [3.05, 3.63) is 71.9 Å². The SMILES string of the molecule is N#Cc1ccc(NC(=O)c2ccc3ccccc3c2)nc1. The number of carbonyl (C=O) groups excluding carboxylic acids is 1. The van der Waals surface area contributed by atoms with E-state index in [1.165, 1.54) is 6.20 Å². The molecular formula is C17H11N3O. The minimum Gasteiger partial charge on any atom is -0.307 e. The van der Waals surface area contributed by atoms with Crippen LogP contribution < -0.4 is 5.32 Å². The Balaban J connectivity index is 1.84. The summed E-state index contributed by atoms with van der Waals surface area (Å²) in [7, 11) is 0. The zero-order valence-electron chi connectivity index (χ0n) is 11.1. The van der Waals surface area contributed by atoms with Gasteiger partial charge in [0, 0.05) is 11.8 Å². The highest BCUT2D eigenvalue weighted by Gasteiger charge is 2.07. The first-order valence-electron chi connectivity index (χ1n) is 6.42. The van der Waals surface area contributed by atoms with Gasteiger partial charge in [0.1, 0.15) is 11.9 Å². The minimum absolute atomic E-state index is 0.224. The van der Waals surface area contributed by atoms with Crippen molar-refractivity contribution < 1.29 is 4.79 Å². The smallest absolute Gasteiger partial charge is 0.256 e. The number of fused-ring (bicyclic) bond motifs is 1. The molecular weight excluding hydrogens is 262 g/mol. The van der Waals surface area contributed by atoms with Crippen LogP contribution in [0.2, 0.25) is 0 Å². The number of nitriles is 1. The first-order chi connectivity index (χ1) is 10.3. The van der Waals surface area contributed by atoms with Gasteiger partial charge in [0.25, 0.3) is 5.91 Å². The van der Waals surface area contributed by atoms with Gasteiger partial charge in [-0.3, -0.25) is 4.79 Å². The molecule has 1 N–H and O–H groups in total. The molecule has 1 amide bonds. The molecule has 0 bridgehead atoms. The Morgan fingerprint density at radius 2 is 1.86 bits per heavy atom. The lowest BCUT2D eigenvalue weighted by Crippen LogP contribution is -2.12. The van der Waals surface area contributed by atoms with E-state index in [2.05, 4.69) is 10.3 Å².